The molecule has 0 bridgehead atoms. The Balaban J connectivity index is 1.67. The maximum absolute atomic E-state index is 13.8. The van der Waals surface area contributed by atoms with Crippen LogP contribution in [0.4, 0.5) is 13.2 Å². The van der Waals surface area contributed by atoms with E-state index in [1.165, 1.54) is 18.2 Å². The Morgan fingerprint density at radius 1 is 1.03 bits per heavy atom. The van der Waals surface area contributed by atoms with Gasteiger partial charge in [-0.25, -0.2) is 0 Å². The lowest BCUT2D eigenvalue weighted by molar-refractivity contribution is -0.141. The highest BCUT2D eigenvalue weighted by molar-refractivity contribution is 6.35. The zero-order valence-electron chi connectivity index (χ0n) is 20.0. The Bertz CT molecular complexity index is 1150. The number of alkyl halides is 3. The summed E-state index contributed by atoms with van der Waals surface area (Å²) in [5.74, 6) is -1.73. The van der Waals surface area contributed by atoms with Crippen molar-refractivity contribution in [3.63, 3.8) is 0 Å². The molecule has 0 aromatic heterocycles. The first-order chi connectivity index (χ1) is 16.9. The van der Waals surface area contributed by atoms with E-state index in [1.54, 1.807) is 30.0 Å². The molecule has 4 rings (SSSR count). The Morgan fingerprint density at radius 3 is 2.25 bits per heavy atom. The van der Waals surface area contributed by atoms with Crippen LogP contribution in [0.5, 0.6) is 0 Å². The predicted molar refractivity (Wildman–Crippen MR) is 133 cm³/mol. The van der Waals surface area contributed by atoms with Gasteiger partial charge in [0, 0.05) is 42.1 Å². The zero-order valence-corrected chi connectivity index (χ0v) is 21.6. The number of piperazine rings is 1. The summed E-state index contributed by atoms with van der Waals surface area (Å²) in [6.07, 6.45) is -3.56. The summed E-state index contributed by atoms with van der Waals surface area (Å²) in [4.78, 5) is 31.0. The molecule has 36 heavy (non-hydrogen) atoms. The number of hydrogen-bond acceptors (Lipinski definition) is 3. The minimum atomic E-state index is -4.59. The second-order valence-corrected chi connectivity index (χ2v) is 10.5. The van der Waals surface area contributed by atoms with Crippen LogP contribution in [-0.2, 0) is 21.2 Å². The highest BCUT2D eigenvalue weighted by Crippen LogP contribution is 2.51. The van der Waals surface area contributed by atoms with Crippen molar-refractivity contribution in [2.24, 2.45) is 0 Å². The molecule has 1 saturated heterocycles. The number of likely N-dealkylation sites (N-methyl/N-ethyl adjacent to an activating group) is 1. The van der Waals surface area contributed by atoms with Gasteiger partial charge in [0.15, 0.2) is 0 Å². The standard InChI is InChI=1S/C26H28Cl2F3N3O2/c1-16(18-5-3-4-6-19(18)26(29,30)31)22(23(35)34-13-11-33(2)12-14-34)32-24(36)25(9-10-25)20-8-7-17(27)15-21(20)28/h3-8,15-16,22H,9-14H2,1-2H3,(H,32,36). The molecule has 2 fully saturated rings. The number of benzene rings is 2. The third-order valence-electron chi connectivity index (χ3n) is 7.26. The molecule has 2 aromatic carbocycles. The molecule has 5 nitrogen and oxygen atoms in total. The lowest BCUT2D eigenvalue weighted by Gasteiger charge is -2.37. The van der Waals surface area contributed by atoms with Crippen molar-refractivity contribution in [3.05, 3.63) is 69.2 Å². The molecule has 1 aliphatic heterocycles. The van der Waals surface area contributed by atoms with E-state index in [4.69, 9.17) is 23.2 Å². The molecule has 1 aliphatic carbocycles. The first-order valence-corrected chi connectivity index (χ1v) is 12.6. The van der Waals surface area contributed by atoms with Crippen molar-refractivity contribution >= 4 is 35.0 Å². The van der Waals surface area contributed by atoms with Crippen molar-refractivity contribution in [1.29, 1.82) is 0 Å². The fourth-order valence-electron chi connectivity index (χ4n) is 4.86. The topological polar surface area (TPSA) is 52.7 Å². The molecule has 2 unspecified atom stereocenters. The molecule has 2 amide bonds. The molecular formula is C26H28Cl2F3N3O2. The van der Waals surface area contributed by atoms with E-state index in [1.807, 2.05) is 7.05 Å². The molecule has 1 saturated carbocycles. The molecule has 2 aliphatic rings. The lowest BCUT2D eigenvalue weighted by Crippen LogP contribution is -2.57. The van der Waals surface area contributed by atoms with Gasteiger partial charge >= 0.3 is 6.18 Å². The number of hydrogen-bond donors (Lipinski definition) is 1. The maximum Gasteiger partial charge on any atom is 0.416 e. The molecule has 10 heteroatoms. The smallest absolute Gasteiger partial charge is 0.343 e. The van der Waals surface area contributed by atoms with Gasteiger partial charge in [0.05, 0.1) is 11.0 Å². The van der Waals surface area contributed by atoms with Crippen LogP contribution < -0.4 is 5.32 Å². The third kappa shape index (κ3) is 5.36. The Kier molecular flexibility index (Phi) is 7.60. The quantitative estimate of drug-likeness (QED) is 0.553. The molecule has 1 heterocycles. The van der Waals surface area contributed by atoms with E-state index in [-0.39, 0.29) is 11.5 Å². The average Bonchev–Trinajstić information content (AvgIpc) is 3.63. The summed E-state index contributed by atoms with van der Waals surface area (Å²) < 4.78 is 41.5. The Morgan fingerprint density at radius 2 is 1.67 bits per heavy atom. The Labute approximate surface area is 218 Å². The Hall–Kier alpha value is -2.29. The fraction of sp³-hybridized carbons (Fsp3) is 0.462. The summed E-state index contributed by atoms with van der Waals surface area (Å²) in [6, 6.07) is 8.91. The molecule has 2 aromatic rings. The minimum absolute atomic E-state index is 0.0350. The number of rotatable bonds is 6. The van der Waals surface area contributed by atoms with Gasteiger partial charge in [0.25, 0.3) is 0 Å². The number of nitrogens with one attached hydrogen (secondary N) is 1. The van der Waals surface area contributed by atoms with E-state index in [0.717, 1.165) is 6.07 Å². The van der Waals surface area contributed by atoms with Crippen molar-refractivity contribution in [2.45, 2.75) is 43.3 Å². The van der Waals surface area contributed by atoms with Gasteiger partial charge in [0.2, 0.25) is 11.8 Å². The van der Waals surface area contributed by atoms with E-state index in [9.17, 15) is 22.8 Å². The summed E-state index contributed by atoms with van der Waals surface area (Å²) in [5, 5.41) is 3.61. The summed E-state index contributed by atoms with van der Waals surface area (Å²) >= 11 is 12.4. The SMILES string of the molecule is CC(c1ccccc1C(F)(F)F)C(NC(=O)C1(c2ccc(Cl)cc2Cl)CC1)C(=O)N1CCN(C)CC1. The second-order valence-electron chi connectivity index (χ2n) is 9.66. The van der Waals surface area contributed by atoms with Gasteiger partial charge in [-0.1, -0.05) is 54.4 Å². The van der Waals surface area contributed by atoms with Crippen molar-refractivity contribution in [3.8, 4) is 0 Å². The number of halogens is 5. The van der Waals surface area contributed by atoms with E-state index in [0.29, 0.717) is 54.6 Å². The fourth-order valence-corrected chi connectivity index (χ4v) is 5.45. The van der Waals surface area contributed by atoms with Crippen molar-refractivity contribution < 1.29 is 22.8 Å². The van der Waals surface area contributed by atoms with Crippen LogP contribution in [0.1, 0.15) is 42.4 Å². The summed E-state index contributed by atoms with van der Waals surface area (Å²) in [7, 11) is 1.94. The van der Waals surface area contributed by atoms with Crippen LogP contribution in [0.2, 0.25) is 10.0 Å². The van der Waals surface area contributed by atoms with Gasteiger partial charge < -0.3 is 15.1 Å². The maximum atomic E-state index is 13.8. The number of carbonyl (C=O) groups excluding carboxylic acids is 2. The molecular weight excluding hydrogens is 514 g/mol. The second kappa shape index (κ2) is 10.2. The highest BCUT2D eigenvalue weighted by Gasteiger charge is 2.53. The lowest BCUT2D eigenvalue weighted by atomic mass is 9.87. The zero-order chi connectivity index (χ0) is 26.3. The molecule has 0 radical (unpaired) electrons. The monoisotopic (exact) mass is 541 g/mol. The molecule has 2 atom stereocenters. The van der Waals surface area contributed by atoms with E-state index < -0.39 is 35.0 Å². The minimum Gasteiger partial charge on any atom is -0.343 e. The average molecular weight is 542 g/mol. The first-order valence-electron chi connectivity index (χ1n) is 11.8. The normalized spacial score (nSPS) is 19.5. The van der Waals surface area contributed by atoms with Gasteiger partial charge in [0.1, 0.15) is 6.04 Å². The summed E-state index contributed by atoms with van der Waals surface area (Å²) in [5.41, 5.74) is -1.19. The largest absolute Gasteiger partial charge is 0.416 e. The van der Waals surface area contributed by atoms with E-state index in [2.05, 4.69) is 10.2 Å². The number of nitrogens with zero attached hydrogens (tertiary/aromatic N) is 2. The van der Waals surface area contributed by atoms with Gasteiger partial charge in [-0.15, -0.1) is 0 Å². The van der Waals surface area contributed by atoms with Crippen LogP contribution in [0.3, 0.4) is 0 Å². The molecule has 1 N–H and O–H groups in total. The van der Waals surface area contributed by atoms with Crippen LogP contribution >= 0.6 is 23.2 Å². The van der Waals surface area contributed by atoms with Crippen molar-refractivity contribution in [2.75, 3.05) is 33.2 Å². The highest BCUT2D eigenvalue weighted by atomic mass is 35.5. The van der Waals surface area contributed by atoms with Crippen molar-refractivity contribution in [1.82, 2.24) is 15.1 Å². The van der Waals surface area contributed by atoms with Gasteiger partial charge in [-0.05, 0) is 49.2 Å². The molecule has 194 valence electrons. The van der Waals surface area contributed by atoms with E-state index >= 15 is 0 Å². The number of carbonyl (C=O) groups is 2. The molecule has 0 spiro atoms. The number of amides is 2. The van der Waals surface area contributed by atoms with Crippen LogP contribution in [-0.4, -0.2) is 60.9 Å². The third-order valence-corrected chi connectivity index (χ3v) is 7.80. The van der Waals surface area contributed by atoms with Gasteiger partial charge in [-0.3, -0.25) is 9.59 Å². The van der Waals surface area contributed by atoms with Crippen LogP contribution in [0.25, 0.3) is 0 Å². The summed E-state index contributed by atoms with van der Waals surface area (Å²) in [6.45, 7) is 3.71. The van der Waals surface area contributed by atoms with Gasteiger partial charge in [-0.2, -0.15) is 13.2 Å². The predicted octanol–water partition coefficient (Wildman–Crippen LogP) is 5.11. The van der Waals surface area contributed by atoms with Crippen LogP contribution in [0, 0.1) is 0 Å². The first kappa shape index (κ1) is 26.8. The van der Waals surface area contributed by atoms with Crippen LogP contribution in [0.15, 0.2) is 42.5 Å².